The van der Waals surface area contributed by atoms with Gasteiger partial charge in [0.25, 0.3) is 0 Å². The molecule has 2 heterocycles. The van der Waals surface area contributed by atoms with Crippen LogP contribution in [0.15, 0.2) is 40.8 Å². The largest absolute Gasteiger partial charge is 0.456 e. The molecule has 0 spiro atoms. The monoisotopic (exact) mass is 213 g/mol. The molecule has 16 heavy (non-hydrogen) atoms. The summed E-state index contributed by atoms with van der Waals surface area (Å²) >= 11 is 0. The minimum absolute atomic E-state index is 0.984. The second kappa shape index (κ2) is 3.80. The molecule has 82 valence electrons. The van der Waals surface area contributed by atoms with E-state index in [0.29, 0.717) is 0 Å². The van der Waals surface area contributed by atoms with Crippen LogP contribution in [0.3, 0.4) is 0 Å². The molecule has 2 nitrogen and oxygen atoms in total. The van der Waals surface area contributed by atoms with Crippen molar-refractivity contribution in [1.82, 2.24) is 4.90 Å². The zero-order valence-corrected chi connectivity index (χ0v) is 9.44. The fraction of sp³-hybridized carbons (Fsp3) is 0.286. The zero-order chi connectivity index (χ0) is 11.0. The van der Waals surface area contributed by atoms with Crippen molar-refractivity contribution >= 4 is 16.5 Å². The van der Waals surface area contributed by atoms with Gasteiger partial charge in [-0.1, -0.05) is 24.3 Å². The van der Waals surface area contributed by atoms with E-state index >= 15 is 0 Å². The van der Waals surface area contributed by atoms with E-state index in [2.05, 4.69) is 30.2 Å². The number of benzene rings is 1. The van der Waals surface area contributed by atoms with Gasteiger partial charge in [0, 0.05) is 18.5 Å². The molecule has 2 aromatic rings. The van der Waals surface area contributed by atoms with Crippen molar-refractivity contribution in [3.05, 3.63) is 42.2 Å². The number of rotatable bonds is 1. The number of fused-ring (bicyclic) bond motifs is 1. The van der Waals surface area contributed by atoms with Gasteiger partial charge in [-0.15, -0.1) is 0 Å². The highest BCUT2D eigenvalue weighted by molar-refractivity contribution is 5.82. The van der Waals surface area contributed by atoms with Crippen molar-refractivity contribution in [3.63, 3.8) is 0 Å². The number of para-hydroxylation sites is 1. The number of hydrogen-bond donors (Lipinski definition) is 0. The number of likely N-dealkylation sites (N-methyl/N-ethyl adjacent to an activating group) is 1. The molecule has 1 aromatic heterocycles. The van der Waals surface area contributed by atoms with E-state index in [1.54, 1.807) is 0 Å². The third-order valence-electron chi connectivity index (χ3n) is 3.15. The SMILES string of the molecule is CN1CC=C(c2cc3ccccc3o2)CC1. The highest BCUT2D eigenvalue weighted by Gasteiger charge is 2.13. The molecule has 1 aliphatic heterocycles. The van der Waals surface area contributed by atoms with Crippen molar-refractivity contribution in [2.24, 2.45) is 0 Å². The summed E-state index contributed by atoms with van der Waals surface area (Å²) in [6.07, 6.45) is 3.34. The van der Waals surface area contributed by atoms with E-state index in [1.165, 1.54) is 11.0 Å². The lowest BCUT2D eigenvalue weighted by atomic mass is 10.1. The van der Waals surface area contributed by atoms with Crippen LogP contribution in [0.4, 0.5) is 0 Å². The zero-order valence-electron chi connectivity index (χ0n) is 9.44. The van der Waals surface area contributed by atoms with E-state index in [9.17, 15) is 0 Å². The molecule has 0 aliphatic carbocycles. The van der Waals surface area contributed by atoms with E-state index in [1.807, 2.05) is 18.2 Å². The van der Waals surface area contributed by atoms with Gasteiger partial charge in [0.05, 0.1) is 0 Å². The number of nitrogens with zero attached hydrogens (tertiary/aromatic N) is 1. The summed E-state index contributed by atoms with van der Waals surface area (Å²) in [6.45, 7) is 2.13. The predicted molar refractivity (Wildman–Crippen MR) is 66.3 cm³/mol. The van der Waals surface area contributed by atoms with Gasteiger partial charge in [-0.25, -0.2) is 0 Å². The number of furan rings is 1. The van der Waals surface area contributed by atoms with Crippen LogP contribution in [-0.2, 0) is 0 Å². The Morgan fingerprint density at radius 1 is 1.25 bits per heavy atom. The quantitative estimate of drug-likeness (QED) is 0.723. The summed E-state index contributed by atoms with van der Waals surface area (Å²) in [5.41, 5.74) is 2.33. The molecular formula is C14H15NO. The van der Waals surface area contributed by atoms with E-state index in [0.717, 1.165) is 30.9 Å². The summed E-state index contributed by atoms with van der Waals surface area (Å²) in [5, 5.41) is 1.19. The van der Waals surface area contributed by atoms with Crippen molar-refractivity contribution in [2.45, 2.75) is 6.42 Å². The van der Waals surface area contributed by atoms with Crippen molar-refractivity contribution in [1.29, 1.82) is 0 Å². The fourth-order valence-electron chi connectivity index (χ4n) is 2.13. The molecule has 0 amide bonds. The maximum absolute atomic E-state index is 5.86. The van der Waals surface area contributed by atoms with Gasteiger partial charge in [-0.05, 0) is 31.2 Å². The first-order chi connectivity index (χ1) is 7.83. The van der Waals surface area contributed by atoms with Gasteiger partial charge >= 0.3 is 0 Å². The Balaban J connectivity index is 2.00. The van der Waals surface area contributed by atoms with Crippen LogP contribution >= 0.6 is 0 Å². The van der Waals surface area contributed by atoms with E-state index in [4.69, 9.17) is 4.42 Å². The minimum Gasteiger partial charge on any atom is -0.456 e. The molecule has 0 saturated heterocycles. The van der Waals surface area contributed by atoms with Gasteiger partial charge in [0.2, 0.25) is 0 Å². The lowest BCUT2D eigenvalue weighted by molar-refractivity contribution is 0.368. The molecule has 1 aromatic carbocycles. The Labute approximate surface area is 95.2 Å². The summed E-state index contributed by atoms with van der Waals surface area (Å²) in [4.78, 5) is 2.31. The van der Waals surface area contributed by atoms with E-state index in [-0.39, 0.29) is 0 Å². The van der Waals surface area contributed by atoms with Crippen molar-refractivity contribution in [3.8, 4) is 0 Å². The molecule has 0 atom stereocenters. The Kier molecular flexibility index (Phi) is 2.29. The Hall–Kier alpha value is -1.54. The maximum Gasteiger partial charge on any atom is 0.134 e. The van der Waals surface area contributed by atoms with Gasteiger partial charge in [-0.2, -0.15) is 0 Å². The highest BCUT2D eigenvalue weighted by atomic mass is 16.3. The fourth-order valence-corrected chi connectivity index (χ4v) is 2.13. The molecule has 2 heteroatoms. The molecule has 3 rings (SSSR count). The van der Waals surface area contributed by atoms with Crippen LogP contribution in [0.2, 0.25) is 0 Å². The summed E-state index contributed by atoms with van der Waals surface area (Å²) in [6, 6.07) is 10.3. The van der Waals surface area contributed by atoms with Gasteiger partial charge < -0.3 is 9.32 Å². The predicted octanol–water partition coefficient (Wildman–Crippen LogP) is 3.15. The van der Waals surface area contributed by atoms with Crippen LogP contribution < -0.4 is 0 Å². The van der Waals surface area contributed by atoms with Crippen LogP contribution in [0, 0.1) is 0 Å². The first-order valence-corrected chi connectivity index (χ1v) is 5.69. The molecule has 0 saturated carbocycles. The molecule has 0 N–H and O–H groups in total. The second-order valence-electron chi connectivity index (χ2n) is 4.39. The van der Waals surface area contributed by atoms with Crippen molar-refractivity contribution < 1.29 is 4.42 Å². The topological polar surface area (TPSA) is 16.4 Å². The normalized spacial score (nSPS) is 17.7. The minimum atomic E-state index is 0.984. The maximum atomic E-state index is 5.86. The Morgan fingerprint density at radius 2 is 2.12 bits per heavy atom. The molecule has 0 unspecified atom stereocenters. The standard InChI is InChI=1S/C14H15NO/c1-15-8-6-11(7-9-15)14-10-12-4-2-3-5-13(12)16-14/h2-6,10H,7-9H2,1H3. The highest BCUT2D eigenvalue weighted by Crippen LogP contribution is 2.27. The van der Waals surface area contributed by atoms with Gasteiger partial charge in [-0.3, -0.25) is 0 Å². The summed E-state index contributed by atoms with van der Waals surface area (Å²) < 4.78 is 5.86. The van der Waals surface area contributed by atoms with Crippen LogP contribution in [0.25, 0.3) is 16.5 Å². The average Bonchev–Trinajstić information content (AvgIpc) is 2.73. The number of hydrogen-bond acceptors (Lipinski definition) is 2. The third kappa shape index (κ3) is 1.65. The van der Waals surface area contributed by atoms with E-state index < -0.39 is 0 Å². The smallest absolute Gasteiger partial charge is 0.134 e. The average molecular weight is 213 g/mol. The molecule has 0 fully saturated rings. The Morgan fingerprint density at radius 3 is 2.88 bits per heavy atom. The summed E-state index contributed by atoms with van der Waals surface area (Å²) in [5.74, 6) is 1.04. The van der Waals surface area contributed by atoms with Gasteiger partial charge in [0.15, 0.2) is 0 Å². The molecule has 0 bridgehead atoms. The third-order valence-corrected chi connectivity index (χ3v) is 3.15. The first-order valence-electron chi connectivity index (χ1n) is 5.69. The lowest BCUT2D eigenvalue weighted by Crippen LogP contribution is -2.23. The Bertz CT molecular complexity index is 505. The lowest BCUT2D eigenvalue weighted by Gasteiger charge is -2.20. The molecule has 0 radical (unpaired) electrons. The van der Waals surface area contributed by atoms with Crippen LogP contribution in [0.5, 0.6) is 0 Å². The first kappa shape index (κ1) is 9.67. The summed E-state index contributed by atoms with van der Waals surface area (Å²) in [7, 11) is 2.14. The van der Waals surface area contributed by atoms with Crippen molar-refractivity contribution in [2.75, 3.05) is 20.1 Å². The molecule has 1 aliphatic rings. The van der Waals surface area contributed by atoms with Crippen LogP contribution in [0.1, 0.15) is 12.2 Å². The second-order valence-corrected chi connectivity index (χ2v) is 4.39. The molecular weight excluding hydrogens is 198 g/mol. The van der Waals surface area contributed by atoms with Crippen LogP contribution in [-0.4, -0.2) is 25.0 Å². The van der Waals surface area contributed by atoms with Gasteiger partial charge in [0.1, 0.15) is 11.3 Å².